The van der Waals surface area contributed by atoms with Crippen LogP contribution in [-0.4, -0.2) is 19.3 Å². The van der Waals surface area contributed by atoms with Crippen LogP contribution in [0.25, 0.3) is 0 Å². The molecule has 4 rings (SSSR count). The number of hydrogen-bond acceptors (Lipinski definition) is 2. The molecule has 2 atom stereocenters. The van der Waals surface area contributed by atoms with E-state index in [0.29, 0.717) is 18.3 Å². The van der Waals surface area contributed by atoms with Gasteiger partial charge in [0.1, 0.15) is 0 Å². The quantitative estimate of drug-likeness (QED) is 0.331. The van der Waals surface area contributed by atoms with Gasteiger partial charge in [-0.25, -0.2) is 4.39 Å². The van der Waals surface area contributed by atoms with E-state index in [1.165, 1.54) is 64.2 Å². The first kappa shape index (κ1) is 25.9. The molecule has 0 amide bonds. The van der Waals surface area contributed by atoms with Crippen LogP contribution in [0.1, 0.15) is 115 Å². The smallest absolute Gasteiger partial charge is 0.200 e. The lowest BCUT2D eigenvalue weighted by atomic mass is 9.66. The van der Waals surface area contributed by atoms with Gasteiger partial charge in [-0.2, -0.15) is 4.39 Å². The fourth-order valence-corrected chi connectivity index (χ4v) is 7.17. The van der Waals surface area contributed by atoms with E-state index >= 15 is 0 Å². The van der Waals surface area contributed by atoms with E-state index in [1.807, 2.05) is 0 Å². The molecule has 0 radical (unpaired) electrons. The van der Waals surface area contributed by atoms with Crippen molar-refractivity contribution in [1.82, 2.24) is 0 Å². The first-order valence-corrected chi connectivity index (χ1v) is 14.3. The first-order valence-electron chi connectivity index (χ1n) is 14.3. The van der Waals surface area contributed by atoms with Gasteiger partial charge in [0.15, 0.2) is 11.6 Å². The Morgan fingerprint density at radius 2 is 1.38 bits per heavy atom. The van der Waals surface area contributed by atoms with Crippen molar-refractivity contribution in [2.75, 3.05) is 13.2 Å². The Labute approximate surface area is 206 Å². The SMILES string of the molecule is CCCCC[C@H]1CC[C@H](C2CCC(C3CCC(c4ccc(OCC)c(F)c4F)CC3)CC2)CO1. The second-order valence-electron chi connectivity index (χ2n) is 11.3. The lowest BCUT2D eigenvalue weighted by Gasteiger charge is -2.41. The summed E-state index contributed by atoms with van der Waals surface area (Å²) in [6, 6.07) is 3.35. The molecular weight excluding hydrogens is 430 g/mol. The molecule has 2 nitrogen and oxygen atoms in total. The number of ether oxygens (including phenoxy) is 2. The van der Waals surface area contributed by atoms with Crippen LogP contribution in [0.5, 0.6) is 5.75 Å². The molecular formula is C30H46F2O2. The van der Waals surface area contributed by atoms with E-state index < -0.39 is 11.6 Å². The average Bonchev–Trinajstić information content (AvgIpc) is 2.88. The minimum Gasteiger partial charge on any atom is -0.491 e. The normalized spacial score (nSPS) is 32.5. The predicted octanol–water partition coefficient (Wildman–Crippen LogP) is 8.82. The third-order valence-electron chi connectivity index (χ3n) is 9.27. The van der Waals surface area contributed by atoms with Crippen LogP contribution >= 0.6 is 0 Å². The minimum absolute atomic E-state index is 0.0320. The largest absolute Gasteiger partial charge is 0.491 e. The van der Waals surface area contributed by atoms with E-state index in [1.54, 1.807) is 19.1 Å². The summed E-state index contributed by atoms with van der Waals surface area (Å²) < 4.78 is 40.5. The Bertz CT molecular complexity index is 742. The molecule has 1 aromatic carbocycles. The van der Waals surface area contributed by atoms with Gasteiger partial charge in [-0.3, -0.25) is 0 Å². The Morgan fingerprint density at radius 3 is 1.97 bits per heavy atom. The average molecular weight is 477 g/mol. The highest BCUT2D eigenvalue weighted by molar-refractivity contribution is 5.33. The highest BCUT2D eigenvalue weighted by Gasteiger charge is 2.35. The molecule has 2 saturated carbocycles. The Balaban J connectivity index is 1.19. The third-order valence-corrected chi connectivity index (χ3v) is 9.27. The topological polar surface area (TPSA) is 18.5 Å². The molecule has 1 saturated heterocycles. The maximum Gasteiger partial charge on any atom is 0.200 e. The van der Waals surface area contributed by atoms with Gasteiger partial charge in [0.25, 0.3) is 0 Å². The molecule has 2 aliphatic carbocycles. The van der Waals surface area contributed by atoms with Crippen LogP contribution < -0.4 is 4.74 Å². The van der Waals surface area contributed by atoms with Crippen molar-refractivity contribution in [2.24, 2.45) is 23.7 Å². The summed E-state index contributed by atoms with van der Waals surface area (Å²) in [4.78, 5) is 0. The van der Waals surface area contributed by atoms with Crippen molar-refractivity contribution in [2.45, 2.75) is 116 Å². The molecule has 0 unspecified atom stereocenters. The lowest BCUT2D eigenvalue weighted by Crippen LogP contribution is -2.33. The summed E-state index contributed by atoms with van der Waals surface area (Å²) in [6.45, 7) is 5.38. The monoisotopic (exact) mass is 476 g/mol. The fourth-order valence-electron chi connectivity index (χ4n) is 7.17. The molecule has 0 spiro atoms. The van der Waals surface area contributed by atoms with E-state index in [-0.39, 0.29) is 11.7 Å². The Kier molecular flexibility index (Phi) is 9.68. The number of hydrogen-bond donors (Lipinski definition) is 0. The Morgan fingerprint density at radius 1 is 0.765 bits per heavy atom. The second kappa shape index (κ2) is 12.7. The van der Waals surface area contributed by atoms with Crippen molar-refractivity contribution >= 4 is 0 Å². The highest BCUT2D eigenvalue weighted by Crippen LogP contribution is 2.46. The van der Waals surface area contributed by atoms with Crippen LogP contribution in [0.3, 0.4) is 0 Å². The number of unbranched alkanes of at least 4 members (excludes halogenated alkanes) is 2. The van der Waals surface area contributed by atoms with E-state index in [9.17, 15) is 8.78 Å². The molecule has 1 heterocycles. The molecule has 0 aromatic heterocycles. The minimum atomic E-state index is -0.821. The zero-order valence-corrected chi connectivity index (χ0v) is 21.5. The van der Waals surface area contributed by atoms with Crippen molar-refractivity contribution in [3.05, 3.63) is 29.3 Å². The zero-order chi connectivity index (χ0) is 23.9. The summed E-state index contributed by atoms with van der Waals surface area (Å²) in [5.41, 5.74) is 0.549. The number of halogens is 2. The van der Waals surface area contributed by atoms with Gasteiger partial charge in [0, 0.05) is 0 Å². The van der Waals surface area contributed by atoms with Gasteiger partial charge in [-0.1, -0.05) is 32.3 Å². The van der Waals surface area contributed by atoms with E-state index in [0.717, 1.165) is 56.0 Å². The van der Waals surface area contributed by atoms with Crippen molar-refractivity contribution in [1.29, 1.82) is 0 Å². The van der Waals surface area contributed by atoms with Crippen molar-refractivity contribution < 1.29 is 18.3 Å². The van der Waals surface area contributed by atoms with Crippen LogP contribution in [-0.2, 0) is 4.74 Å². The van der Waals surface area contributed by atoms with Gasteiger partial charge in [0.2, 0.25) is 5.82 Å². The Hall–Kier alpha value is -1.16. The van der Waals surface area contributed by atoms with Gasteiger partial charge < -0.3 is 9.47 Å². The van der Waals surface area contributed by atoms with Crippen molar-refractivity contribution in [3.8, 4) is 5.75 Å². The first-order chi connectivity index (χ1) is 16.6. The highest BCUT2D eigenvalue weighted by atomic mass is 19.2. The lowest BCUT2D eigenvalue weighted by molar-refractivity contribution is -0.0443. The number of rotatable bonds is 9. The van der Waals surface area contributed by atoms with Crippen LogP contribution in [0, 0.1) is 35.3 Å². The molecule has 34 heavy (non-hydrogen) atoms. The van der Waals surface area contributed by atoms with Gasteiger partial charge in [-0.15, -0.1) is 0 Å². The maximum atomic E-state index is 14.7. The summed E-state index contributed by atoms with van der Waals surface area (Å²) >= 11 is 0. The van der Waals surface area contributed by atoms with Crippen LogP contribution in [0.2, 0.25) is 0 Å². The van der Waals surface area contributed by atoms with Crippen LogP contribution in [0.4, 0.5) is 8.78 Å². The standard InChI is InChI=1S/C30H46F2O2/c1-3-5-6-7-26-17-16-25(20-34-26)23-10-8-21(9-11-23)22-12-14-24(15-13-22)27-18-19-28(33-4-2)30(32)29(27)31/h18-19,21-26H,3-17,20H2,1-2H3/t21?,22?,23?,24?,25-,26-/m0/s1. The molecule has 0 bridgehead atoms. The van der Waals surface area contributed by atoms with E-state index in [2.05, 4.69) is 6.92 Å². The zero-order valence-electron chi connectivity index (χ0n) is 21.5. The summed E-state index contributed by atoms with van der Waals surface area (Å²) in [6.07, 6.45) is 18.0. The number of benzene rings is 1. The maximum absolute atomic E-state index is 14.7. The third kappa shape index (κ3) is 6.33. The van der Waals surface area contributed by atoms with E-state index in [4.69, 9.17) is 9.47 Å². The molecule has 4 heteroatoms. The fraction of sp³-hybridized carbons (Fsp3) is 0.800. The molecule has 192 valence electrons. The molecule has 3 fully saturated rings. The molecule has 0 N–H and O–H groups in total. The van der Waals surface area contributed by atoms with Gasteiger partial charge >= 0.3 is 0 Å². The van der Waals surface area contributed by atoms with Gasteiger partial charge in [0.05, 0.1) is 19.3 Å². The predicted molar refractivity (Wildman–Crippen MR) is 134 cm³/mol. The molecule has 1 aliphatic heterocycles. The summed E-state index contributed by atoms with van der Waals surface area (Å²) in [5, 5.41) is 0. The molecule has 1 aromatic rings. The van der Waals surface area contributed by atoms with Crippen LogP contribution in [0.15, 0.2) is 12.1 Å². The van der Waals surface area contributed by atoms with Gasteiger partial charge in [-0.05, 0) is 119 Å². The summed E-state index contributed by atoms with van der Waals surface area (Å²) in [5.74, 6) is 1.87. The summed E-state index contributed by atoms with van der Waals surface area (Å²) in [7, 11) is 0. The van der Waals surface area contributed by atoms with Crippen molar-refractivity contribution in [3.63, 3.8) is 0 Å². The molecule has 3 aliphatic rings. The second-order valence-corrected chi connectivity index (χ2v) is 11.3.